The lowest BCUT2D eigenvalue weighted by molar-refractivity contribution is -0.132. The fourth-order valence-corrected chi connectivity index (χ4v) is 2.66. The van der Waals surface area contributed by atoms with Gasteiger partial charge in [0, 0.05) is 25.7 Å². The number of nitrogens with zero attached hydrogens (tertiary/aromatic N) is 2. The van der Waals surface area contributed by atoms with Gasteiger partial charge in [-0.2, -0.15) is 0 Å². The smallest absolute Gasteiger partial charge is 0.236 e. The van der Waals surface area contributed by atoms with E-state index in [-0.39, 0.29) is 5.91 Å². The van der Waals surface area contributed by atoms with E-state index in [2.05, 4.69) is 24.2 Å². The minimum atomic E-state index is 0.249. The fraction of sp³-hybridized carbons (Fsp3) is 0.923. The molecule has 0 bridgehead atoms. The van der Waals surface area contributed by atoms with E-state index < -0.39 is 0 Å². The molecule has 0 spiro atoms. The Hall–Kier alpha value is -0.610. The van der Waals surface area contributed by atoms with Crippen LogP contribution in [0.15, 0.2) is 0 Å². The van der Waals surface area contributed by atoms with E-state index in [9.17, 15) is 4.79 Å². The number of carbonyl (C=O) groups excluding carboxylic acids is 1. The highest BCUT2D eigenvalue weighted by molar-refractivity contribution is 5.78. The summed E-state index contributed by atoms with van der Waals surface area (Å²) in [7, 11) is 2.07. The largest absolute Gasteiger partial charge is 0.342 e. The summed E-state index contributed by atoms with van der Waals surface area (Å²) in [5.74, 6) is 0.934. The minimum Gasteiger partial charge on any atom is -0.342 e. The zero-order valence-corrected chi connectivity index (χ0v) is 11.7. The molecule has 0 saturated carbocycles. The number of hydrogen-bond acceptors (Lipinski definition) is 3. The summed E-state index contributed by atoms with van der Waals surface area (Å²) < 4.78 is 0. The van der Waals surface area contributed by atoms with Crippen molar-refractivity contribution in [3.63, 3.8) is 0 Å². The van der Waals surface area contributed by atoms with E-state index in [1.165, 1.54) is 6.42 Å². The molecular formula is C13H27N3O. The average Bonchev–Trinajstić information content (AvgIpc) is 2.78. The molecular weight excluding hydrogens is 214 g/mol. The molecule has 17 heavy (non-hydrogen) atoms. The first-order valence-electron chi connectivity index (χ1n) is 6.82. The molecule has 2 unspecified atom stereocenters. The predicted octanol–water partition coefficient (Wildman–Crippen LogP) is 0.785. The van der Waals surface area contributed by atoms with E-state index in [1.54, 1.807) is 0 Å². The second-order valence-corrected chi connectivity index (χ2v) is 4.88. The Morgan fingerprint density at radius 2 is 1.88 bits per heavy atom. The van der Waals surface area contributed by atoms with Gasteiger partial charge in [-0.15, -0.1) is 0 Å². The van der Waals surface area contributed by atoms with Gasteiger partial charge in [0.1, 0.15) is 0 Å². The molecule has 0 aromatic heterocycles. The molecule has 1 rings (SSSR count). The molecule has 1 heterocycles. The van der Waals surface area contributed by atoms with E-state index in [0.29, 0.717) is 18.5 Å². The molecule has 0 aromatic carbocycles. The van der Waals surface area contributed by atoms with Crippen LogP contribution in [0.25, 0.3) is 0 Å². The van der Waals surface area contributed by atoms with Crippen LogP contribution in [0.5, 0.6) is 0 Å². The maximum atomic E-state index is 12.0. The highest BCUT2D eigenvalue weighted by Crippen LogP contribution is 2.17. The van der Waals surface area contributed by atoms with Crippen LogP contribution in [-0.2, 0) is 4.79 Å². The molecule has 4 nitrogen and oxygen atoms in total. The Labute approximate surface area is 105 Å². The molecule has 0 aliphatic carbocycles. The molecule has 1 amide bonds. The number of rotatable bonds is 6. The van der Waals surface area contributed by atoms with E-state index in [1.807, 2.05) is 18.7 Å². The number of nitrogens with one attached hydrogen (secondary N) is 1. The van der Waals surface area contributed by atoms with Gasteiger partial charge in [0.15, 0.2) is 0 Å². The molecule has 100 valence electrons. The van der Waals surface area contributed by atoms with Crippen molar-refractivity contribution in [3.05, 3.63) is 0 Å². The predicted molar refractivity (Wildman–Crippen MR) is 71.0 cm³/mol. The van der Waals surface area contributed by atoms with Crippen molar-refractivity contribution in [1.82, 2.24) is 15.1 Å². The van der Waals surface area contributed by atoms with Gasteiger partial charge in [-0.1, -0.05) is 13.3 Å². The maximum Gasteiger partial charge on any atom is 0.236 e. The van der Waals surface area contributed by atoms with Gasteiger partial charge in [-0.25, -0.2) is 0 Å². The van der Waals surface area contributed by atoms with Gasteiger partial charge in [-0.3, -0.25) is 9.69 Å². The summed E-state index contributed by atoms with van der Waals surface area (Å²) >= 11 is 0. The highest BCUT2D eigenvalue weighted by Gasteiger charge is 2.30. The van der Waals surface area contributed by atoms with Crippen LogP contribution in [0.1, 0.15) is 27.2 Å². The fourth-order valence-electron chi connectivity index (χ4n) is 2.66. The van der Waals surface area contributed by atoms with E-state index in [4.69, 9.17) is 0 Å². The van der Waals surface area contributed by atoms with Crippen molar-refractivity contribution < 1.29 is 4.79 Å². The van der Waals surface area contributed by atoms with Gasteiger partial charge in [-0.05, 0) is 33.4 Å². The highest BCUT2D eigenvalue weighted by atomic mass is 16.2. The monoisotopic (exact) mass is 241 g/mol. The summed E-state index contributed by atoms with van der Waals surface area (Å²) in [6.07, 6.45) is 1.18. The SMILES string of the molecule is CCC1CNCC1N(C)CC(=O)N(CC)CC. The Morgan fingerprint density at radius 1 is 1.24 bits per heavy atom. The standard InChI is InChI=1S/C13H27N3O/c1-5-11-8-14-9-12(11)15(4)10-13(17)16(6-2)7-3/h11-12,14H,5-10H2,1-4H3. The van der Waals surface area contributed by atoms with E-state index >= 15 is 0 Å². The first-order chi connectivity index (χ1) is 8.13. The van der Waals surface area contributed by atoms with Gasteiger partial charge < -0.3 is 10.2 Å². The van der Waals surface area contributed by atoms with Crippen molar-refractivity contribution in [2.45, 2.75) is 33.2 Å². The van der Waals surface area contributed by atoms with Crippen molar-refractivity contribution in [1.29, 1.82) is 0 Å². The van der Waals surface area contributed by atoms with Gasteiger partial charge in [0.2, 0.25) is 5.91 Å². The summed E-state index contributed by atoms with van der Waals surface area (Å²) in [6, 6.07) is 0.513. The van der Waals surface area contributed by atoms with Crippen LogP contribution >= 0.6 is 0 Å². The molecule has 0 aromatic rings. The van der Waals surface area contributed by atoms with Crippen molar-refractivity contribution in [3.8, 4) is 0 Å². The molecule has 1 saturated heterocycles. The third kappa shape index (κ3) is 3.68. The quantitative estimate of drug-likeness (QED) is 0.746. The van der Waals surface area contributed by atoms with Crippen LogP contribution in [-0.4, -0.2) is 61.5 Å². The Kier molecular flexibility index (Phi) is 5.92. The topological polar surface area (TPSA) is 35.6 Å². The van der Waals surface area contributed by atoms with Gasteiger partial charge in [0.25, 0.3) is 0 Å². The summed E-state index contributed by atoms with van der Waals surface area (Å²) in [4.78, 5) is 16.2. The second kappa shape index (κ2) is 6.97. The average molecular weight is 241 g/mol. The molecule has 1 aliphatic heterocycles. The normalized spacial score (nSPS) is 24.3. The number of likely N-dealkylation sites (N-methyl/N-ethyl adjacent to an activating group) is 2. The maximum absolute atomic E-state index is 12.0. The number of carbonyl (C=O) groups is 1. The lowest BCUT2D eigenvalue weighted by atomic mass is 10.00. The lowest BCUT2D eigenvalue weighted by Crippen LogP contribution is -2.45. The third-order valence-corrected chi connectivity index (χ3v) is 3.90. The van der Waals surface area contributed by atoms with Crippen LogP contribution in [0.2, 0.25) is 0 Å². The Balaban J connectivity index is 2.47. The Bertz CT molecular complexity index is 241. The van der Waals surface area contributed by atoms with Crippen LogP contribution in [0.4, 0.5) is 0 Å². The molecule has 1 N–H and O–H groups in total. The first kappa shape index (κ1) is 14.5. The molecule has 0 radical (unpaired) electrons. The first-order valence-corrected chi connectivity index (χ1v) is 6.82. The lowest BCUT2D eigenvalue weighted by Gasteiger charge is -2.30. The van der Waals surface area contributed by atoms with Gasteiger partial charge in [0.05, 0.1) is 6.54 Å². The van der Waals surface area contributed by atoms with Crippen LogP contribution in [0.3, 0.4) is 0 Å². The van der Waals surface area contributed by atoms with Crippen LogP contribution < -0.4 is 5.32 Å². The van der Waals surface area contributed by atoms with Gasteiger partial charge >= 0.3 is 0 Å². The van der Waals surface area contributed by atoms with Crippen molar-refractivity contribution >= 4 is 5.91 Å². The van der Waals surface area contributed by atoms with Crippen LogP contribution in [0, 0.1) is 5.92 Å². The number of hydrogen-bond donors (Lipinski definition) is 1. The molecule has 1 aliphatic rings. The van der Waals surface area contributed by atoms with Crippen molar-refractivity contribution in [2.75, 3.05) is 39.8 Å². The minimum absolute atomic E-state index is 0.249. The zero-order valence-electron chi connectivity index (χ0n) is 11.7. The molecule has 1 fully saturated rings. The summed E-state index contributed by atoms with van der Waals surface area (Å²) in [5, 5.41) is 3.42. The van der Waals surface area contributed by atoms with Crippen molar-refractivity contribution in [2.24, 2.45) is 5.92 Å². The zero-order chi connectivity index (χ0) is 12.8. The molecule has 4 heteroatoms. The second-order valence-electron chi connectivity index (χ2n) is 4.88. The van der Waals surface area contributed by atoms with E-state index in [0.717, 1.165) is 26.2 Å². The Morgan fingerprint density at radius 3 is 2.41 bits per heavy atom. The summed E-state index contributed by atoms with van der Waals surface area (Å²) in [5.41, 5.74) is 0. The summed E-state index contributed by atoms with van der Waals surface area (Å²) in [6.45, 7) is 10.6. The number of amides is 1. The third-order valence-electron chi connectivity index (χ3n) is 3.90. The molecule has 2 atom stereocenters.